The lowest BCUT2D eigenvalue weighted by atomic mass is 10.0. The summed E-state index contributed by atoms with van der Waals surface area (Å²) in [6.07, 6.45) is 3.47. The summed E-state index contributed by atoms with van der Waals surface area (Å²) in [4.78, 5) is 0. The van der Waals surface area contributed by atoms with Crippen LogP contribution in [0.25, 0.3) is 11.1 Å². The molecule has 0 heterocycles. The van der Waals surface area contributed by atoms with Gasteiger partial charge in [0.15, 0.2) is 0 Å². The summed E-state index contributed by atoms with van der Waals surface area (Å²) in [7, 11) is 0. The number of hydrogen-bond acceptors (Lipinski definition) is 2. The van der Waals surface area contributed by atoms with E-state index in [1.54, 1.807) is 0 Å². The van der Waals surface area contributed by atoms with Crippen LogP contribution in [0.3, 0.4) is 0 Å². The van der Waals surface area contributed by atoms with Gasteiger partial charge in [-0.2, -0.15) is 0 Å². The molecule has 1 unspecified atom stereocenters. The van der Waals surface area contributed by atoms with Crippen LogP contribution in [0.2, 0.25) is 0 Å². The lowest BCUT2D eigenvalue weighted by Crippen LogP contribution is -2.10. The average Bonchev–Trinajstić information content (AvgIpc) is 2.59. The monoisotopic (exact) mass is 296 g/mol. The Hall–Kier alpha value is -1.90. The first kappa shape index (κ1) is 16.5. The second-order valence-corrected chi connectivity index (χ2v) is 5.40. The number of benzene rings is 2. The van der Waals surface area contributed by atoms with Gasteiger partial charge >= 0.3 is 0 Å². The Labute approximate surface area is 133 Å². The van der Waals surface area contributed by atoms with Crippen molar-refractivity contribution in [2.45, 2.75) is 12.8 Å². The molecule has 2 aromatic rings. The van der Waals surface area contributed by atoms with Crippen LogP contribution in [0.15, 0.2) is 67.3 Å². The molecule has 1 atom stereocenters. The second kappa shape index (κ2) is 9.19. The largest absolute Gasteiger partial charge is 0.396 e. The highest BCUT2D eigenvalue weighted by molar-refractivity contribution is 5.63. The molecule has 0 radical (unpaired) electrons. The fourth-order valence-corrected chi connectivity index (χ4v) is 2.35. The minimum Gasteiger partial charge on any atom is -0.396 e. The maximum Gasteiger partial charge on any atom is 0.0529 e. The summed E-state index contributed by atoms with van der Waals surface area (Å²) in [5.74, 6) is 0.241. The highest BCUT2D eigenvalue weighted by atomic mass is 16.5. The van der Waals surface area contributed by atoms with Crippen molar-refractivity contribution in [3.05, 3.63) is 72.8 Å². The van der Waals surface area contributed by atoms with Gasteiger partial charge in [-0.15, -0.1) is 6.58 Å². The maximum absolute atomic E-state index is 8.92. The van der Waals surface area contributed by atoms with Gasteiger partial charge in [0.05, 0.1) is 13.2 Å². The zero-order valence-electron chi connectivity index (χ0n) is 12.9. The summed E-state index contributed by atoms with van der Waals surface area (Å²) < 4.78 is 5.68. The van der Waals surface area contributed by atoms with Crippen molar-refractivity contribution in [1.29, 1.82) is 0 Å². The Morgan fingerprint density at radius 2 is 1.68 bits per heavy atom. The van der Waals surface area contributed by atoms with Gasteiger partial charge in [-0.1, -0.05) is 60.7 Å². The molecular formula is C20H24O2. The minimum absolute atomic E-state index is 0.182. The number of aliphatic hydroxyl groups excluding tert-OH is 1. The molecule has 22 heavy (non-hydrogen) atoms. The Morgan fingerprint density at radius 1 is 1.00 bits per heavy atom. The summed E-state index contributed by atoms with van der Waals surface area (Å²) in [6, 6.07) is 19.0. The topological polar surface area (TPSA) is 29.5 Å². The van der Waals surface area contributed by atoms with E-state index in [-0.39, 0.29) is 12.5 Å². The van der Waals surface area contributed by atoms with Crippen LogP contribution in [-0.4, -0.2) is 24.9 Å². The molecule has 0 amide bonds. The van der Waals surface area contributed by atoms with Gasteiger partial charge in [0.25, 0.3) is 0 Å². The van der Waals surface area contributed by atoms with Crippen LogP contribution >= 0.6 is 0 Å². The number of ether oxygens (including phenoxy) is 1. The first-order valence-corrected chi connectivity index (χ1v) is 7.79. The number of aliphatic hydroxyl groups is 1. The van der Waals surface area contributed by atoms with Crippen molar-refractivity contribution >= 4 is 0 Å². The van der Waals surface area contributed by atoms with E-state index in [2.05, 4.69) is 55.1 Å². The lowest BCUT2D eigenvalue weighted by molar-refractivity contribution is 0.105. The van der Waals surface area contributed by atoms with E-state index in [4.69, 9.17) is 9.84 Å². The molecule has 0 aliphatic rings. The smallest absolute Gasteiger partial charge is 0.0529 e. The van der Waals surface area contributed by atoms with E-state index >= 15 is 0 Å². The standard InChI is InChI=1S/C20H24O2/c1-2-17(12-14-21)16-22-15-13-18-8-10-20(11-9-18)19-6-4-3-5-7-19/h2-11,17,21H,1,12-16H2. The predicted octanol–water partition coefficient (Wildman–Crippen LogP) is 4.10. The SMILES string of the molecule is C=CC(CCO)COCCc1ccc(-c2ccccc2)cc1. The van der Waals surface area contributed by atoms with E-state index in [1.807, 2.05) is 12.1 Å². The van der Waals surface area contributed by atoms with Crippen LogP contribution in [0, 0.1) is 5.92 Å². The predicted molar refractivity (Wildman–Crippen MR) is 91.8 cm³/mol. The van der Waals surface area contributed by atoms with Gasteiger partial charge in [-0.3, -0.25) is 0 Å². The van der Waals surface area contributed by atoms with Gasteiger partial charge in [-0.25, -0.2) is 0 Å². The summed E-state index contributed by atoms with van der Waals surface area (Å²) in [5.41, 5.74) is 3.75. The van der Waals surface area contributed by atoms with Crippen molar-refractivity contribution in [2.75, 3.05) is 19.8 Å². The number of hydrogen-bond donors (Lipinski definition) is 1. The third-order valence-electron chi connectivity index (χ3n) is 3.76. The van der Waals surface area contributed by atoms with Crippen molar-refractivity contribution < 1.29 is 9.84 Å². The normalized spacial score (nSPS) is 12.0. The fourth-order valence-electron chi connectivity index (χ4n) is 2.35. The van der Waals surface area contributed by atoms with Crippen LogP contribution in [0.5, 0.6) is 0 Å². The molecule has 1 N–H and O–H groups in total. The van der Waals surface area contributed by atoms with Crippen molar-refractivity contribution in [3.8, 4) is 11.1 Å². The Bertz CT molecular complexity index is 546. The molecule has 0 fully saturated rings. The van der Waals surface area contributed by atoms with Crippen molar-refractivity contribution in [3.63, 3.8) is 0 Å². The van der Waals surface area contributed by atoms with Gasteiger partial charge in [0, 0.05) is 12.5 Å². The highest BCUT2D eigenvalue weighted by Gasteiger charge is 2.03. The molecule has 116 valence electrons. The van der Waals surface area contributed by atoms with Gasteiger partial charge in [0.2, 0.25) is 0 Å². The molecule has 0 aromatic heterocycles. The fraction of sp³-hybridized carbons (Fsp3) is 0.300. The quantitative estimate of drug-likeness (QED) is 0.557. The molecule has 0 saturated carbocycles. The van der Waals surface area contributed by atoms with E-state index < -0.39 is 0 Å². The van der Waals surface area contributed by atoms with Crippen LogP contribution < -0.4 is 0 Å². The second-order valence-electron chi connectivity index (χ2n) is 5.40. The van der Waals surface area contributed by atoms with E-state index in [0.29, 0.717) is 13.2 Å². The Morgan fingerprint density at radius 3 is 2.32 bits per heavy atom. The third-order valence-corrected chi connectivity index (χ3v) is 3.76. The molecule has 0 saturated heterocycles. The Balaban J connectivity index is 1.78. The molecule has 0 bridgehead atoms. The molecule has 2 rings (SSSR count). The van der Waals surface area contributed by atoms with Crippen molar-refractivity contribution in [2.24, 2.45) is 5.92 Å². The summed E-state index contributed by atoms with van der Waals surface area (Å²) >= 11 is 0. The zero-order chi connectivity index (χ0) is 15.6. The molecule has 0 spiro atoms. The molecule has 0 aliphatic heterocycles. The Kier molecular flexibility index (Phi) is 6.88. The number of rotatable bonds is 9. The van der Waals surface area contributed by atoms with Gasteiger partial charge < -0.3 is 9.84 Å². The van der Waals surface area contributed by atoms with E-state index in [9.17, 15) is 0 Å². The van der Waals surface area contributed by atoms with E-state index in [0.717, 1.165) is 12.8 Å². The highest BCUT2D eigenvalue weighted by Crippen LogP contribution is 2.19. The summed E-state index contributed by atoms with van der Waals surface area (Å²) in [6.45, 7) is 5.27. The van der Waals surface area contributed by atoms with Crippen LogP contribution in [0.1, 0.15) is 12.0 Å². The maximum atomic E-state index is 8.92. The first-order chi connectivity index (χ1) is 10.8. The molecule has 0 aliphatic carbocycles. The van der Waals surface area contributed by atoms with Crippen molar-refractivity contribution in [1.82, 2.24) is 0 Å². The molecule has 2 nitrogen and oxygen atoms in total. The average molecular weight is 296 g/mol. The minimum atomic E-state index is 0.182. The molecule has 2 heteroatoms. The third kappa shape index (κ3) is 5.14. The molecule has 2 aromatic carbocycles. The summed E-state index contributed by atoms with van der Waals surface area (Å²) in [5, 5.41) is 8.92. The van der Waals surface area contributed by atoms with E-state index in [1.165, 1.54) is 16.7 Å². The van der Waals surface area contributed by atoms with Crippen LogP contribution in [0.4, 0.5) is 0 Å². The molecular weight excluding hydrogens is 272 g/mol. The zero-order valence-corrected chi connectivity index (χ0v) is 12.9. The van der Waals surface area contributed by atoms with Gasteiger partial charge in [-0.05, 0) is 29.5 Å². The first-order valence-electron chi connectivity index (χ1n) is 7.79. The van der Waals surface area contributed by atoms with Crippen LogP contribution in [-0.2, 0) is 11.2 Å². The van der Waals surface area contributed by atoms with Gasteiger partial charge in [0.1, 0.15) is 0 Å². The lowest BCUT2D eigenvalue weighted by Gasteiger charge is -2.11.